The predicted octanol–water partition coefficient (Wildman–Crippen LogP) is 4.14. The van der Waals surface area contributed by atoms with Crippen molar-refractivity contribution in [3.05, 3.63) is 41.6 Å². The minimum Gasteiger partial charge on any atom is -0.298 e. The van der Waals surface area contributed by atoms with Gasteiger partial charge < -0.3 is 0 Å². The van der Waals surface area contributed by atoms with E-state index in [0.29, 0.717) is 6.29 Å². The van der Waals surface area contributed by atoms with Crippen molar-refractivity contribution in [3.8, 4) is 11.3 Å². The number of rotatable bonds is 2. The van der Waals surface area contributed by atoms with Gasteiger partial charge in [0.2, 0.25) is 0 Å². The highest BCUT2D eigenvalue weighted by molar-refractivity contribution is 5.86. The number of alkyl halides is 3. The van der Waals surface area contributed by atoms with E-state index in [4.69, 9.17) is 0 Å². The second-order valence-electron chi connectivity index (χ2n) is 5.71. The van der Waals surface area contributed by atoms with E-state index in [9.17, 15) is 18.0 Å². The average molecular weight is 296 g/mol. The molecular formula is C15H15F3N2O. The van der Waals surface area contributed by atoms with Crippen LogP contribution in [0.4, 0.5) is 13.2 Å². The molecule has 0 N–H and O–H groups in total. The molecule has 0 radical (unpaired) electrons. The predicted molar refractivity (Wildman–Crippen MR) is 73.0 cm³/mol. The van der Waals surface area contributed by atoms with Crippen LogP contribution in [-0.4, -0.2) is 16.1 Å². The Balaban J connectivity index is 2.68. The number of carbonyl (C=O) groups is 1. The van der Waals surface area contributed by atoms with Crippen molar-refractivity contribution < 1.29 is 18.0 Å². The van der Waals surface area contributed by atoms with Crippen molar-refractivity contribution in [2.75, 3.05) is 0 Å². The minimum absolute atomic E-state index is 0.0489. The number of carbonyl (C=O) groups excluding carboxylic acids is 1. The molecule has 0 spiro atoms. The van der Waals surface area contributed by atoms with Crippen LogP contribution in [0.15, 0.2) is 30.5 Å². The molecule has 0 amide bonds. The number of benzene rings is 1. The van der Waals surface area contributed by atoms with Gasteiger partial charge in [0.1, 0.15) is 5.69 Å². The second-order valence-corrected chi connectivity index (χ2v) is 5.71. The number of aldehydes is 1. The fraction of sp³-hybridized carbons (Fsp3) is 0.333. The highest BCUT2D eigenvalue weighted by atomic mass is 19.4. The summed E-state index contributed by atoms with van der Waals surface area (Å²) in [6.45, 7) is 5.57. The summed E-state index contributed by atoms with van der Waals surface area (Å²) in [6, 6.07) is 5.12. The zero-order chi connectivity index (χ0) is 15.8. The first-order valence-electron chi connectivity index (χ1n) is 6.36. The fourth-order valence-corrected chi connectivity index (χ4v) is 1.96. The number of aromatic nitrogens is 2. The molecule has 0 saturated heterocycles. The lowest BCUT2D eigenvalue weighted by Crippen LogP contribution is -2.22. The van der Waals surface area contributed by atoms with E-state index in [1.54, 1.807) is 0 Å². The molecule has 6 heteroatoms. The Morgan fingerprint density at radius 2 is 1.76 bits per heavy atom. The highest BCUT2D eigenvalue weighted by Gasteiger charge is 2.34. The molecule has 1 aromatic heterocycles. The van der Waals surface area contributed by atoms with E-state index in [1.165, 1.54) is 29.1 Å². The molecule has 0 saturated carbocycles. The van der Waals surface area contributed by atoms with Crippen molar-refractivity contribution >= 4 is 6.29 Å². The molecule has 0 aliphatic heterocycles. The normalized spacial score (nSPS) is 12.5. The summed E-state index contributed by atoms with van der Waals surface area (Å²) in [5, 5.41) is 4.18. The van der Waals surface area contributed by atoms with Gasteiger partial charge in [-0.2, -0.15) is 18.3 Å². The first kappa shape index (κ1) is 15.3. The van der Waals surface area contributed by atoms with Crippen LogP contribution in [0.25, 0.3) is 11.3 Å². The van der Waals surface area contributed by atoms with Gasteiger partial charge in [0.15, 0.2) is 6.29 Å². The van der Waals surface area contributed by atoms with Crippen LogP contribution in [0.1, 0.15) is 36.7 Å². The quantitative estimate of drug-likeness (QED) is 0.781. The van der Waals surface area contributed by atoms with E-state index < -0.39 is 17.3 Å². The molecular weight excluding hydrogens is 281 g/mol. The van der Waals surface area contributed by atoms with E-state index in [0.717, 1.165) is 6.07 Å². The average Bonchev–Trinajstić information content (AvgIpc) is 2.81. The summed E-state index contributed by atoms with van der Waals surface area (Å²) >= 11 is 0. The molecule has 3 nitrogen and oxygen atoms in total. The summed E-state index contributed by atoms with van der Waals surface area (Å²) in [7, 11) is 0. The lowest BCUT2D eigenvalue weighted by atomic mass is 10.0. The Labute approximate surface area is 120 Å². The van der Waals surface area contributed by atoms with Crippen LogP contribution in [0.3, 0.4) is 0 Å². The largest absolute Gasteiger partial charge is 0.417 e. The molecule has 21 heavy (non-hydrogen) atoms. The summed E-state index contributed by atoms with van der Waals surface area (Å²) in [5.41, 5.74) is -1.12. The van der Waals surface area contributed by atoms with Gasteiger partial charge in [-0.15, -0.1) is 0 Å². The summed E-state index contributed by atoms with van der Waals surface area (Å²) in [5.74, 6) is 0. The molecule has 0 atom stereocenters. The van der Waals surface area contributed by atoms with Gasteiger partial charge in [0.25, 0.3) is 0 Å². The van der Waals surface area contributed by atoms with Gasteiger partial charge in [-0.3, -0.25) is 9.48 Å². The Hall–Kier alpha value is -2.11. The summed E-state index contributed by atoms with van der Waals surface area (Å²) in [4.78, 5) is 11.2. The third kappa shape index (κ3) is 2.99. The van der Waals surface area contributed by atoms with E-state index >= 15 is 0 Å². The Morgan fingerprint density at radius 3 is 2.29 bits per heavy atom. The van der Waals surface area contributed by atoms with Crippen molar-refractivity contribution in [2.45, 2.75) is 32.5 Å². The smallest absolute Gasteiger partial charge is 0.298 e. The molecule has 112 valence electrons. The van der Waals surface area contributed by atoms with Crippen molar-refractivity contribution in [2.24, 2.45) is 0 Å². The highest BCUT2D eigenvalue weighted by Crippen LogP contribution is 2.37. The first-order valence-corrected chi connectivity index (χ1v) is 6.36. The van der Waals surface area contributed by atoms with Crippen molar-refractivity contribution in [3.63, 3.8) is 0 Å². The Kier molecular flexibility index (Phi) is 3.65. The van der Waals surface area contributed by atoms with Crippen LogP contribution in [0.2, 0.25) is 0 Å². The third-order valence-electron chi connectivity index (χ3n) is 3.04. The van der Waals surface area contributed by atoms with Crippen LogP contribution in [0, 0.1) is 0 Å². The monoisotopic (exact) mass is 296 g/mol. The standard InChI is InChI=1S/C15H15F3N2O/c1-14(2,3)20-8-10(9-21)13(19-20)11-6-4-5-7-12(11)15(16,17)18/h4-9H,1-3H3. The maximum absolute atomic E-state index is 13.1. The zero-order valence-corrected chi connectivity index (χ0v) is 11.9. The molecule has 0 unspecified atom stereocenters. The van der Waals surface area contributed by atoms with Gasteiger partial charge in [0, 0.05) is 11.8 Å². The Bertz CT molecular complexity index is 666. The molecule has 0 fully saturated rings. The lowest BCUT2D eigenvalue weighted by molar-refractivity contribution is -0.137. The van der Waals surface area contributed by atoms with Crippen LogP contribution in [0.5, 0.6) is 0 Å². The van der Waals surface area contributed by atoms with E-state index in [1.807, 2.05) is 20.8 Å². The number of hydrogen-bond acceptors (Lipinski definition) is 2. The Morgan fingerprint density at radius 1 is 1.14 bits per heavy atom. The molecule has 2 aromatic rings. The van der Waals surface area contributed by atoms with Crippen LogP contribution in [-0.2, 0) is 11.7 Å². The fourth-order valence-electron chi connectivity index (χ4n) is 1.96. The second kappa shape index (κ2) is 5.02. The van der Waals surface area contributed by atoms with Gasteiger partial charge in [-0.1, -0.05) is 18.2 Å². The third-order valence-corrected chi connectivity index (χ3v) is 3.04. The maximum atomic E-state index is 13.1. The zero-order valence-electron chi connectivity index (χ0n) is 11.9. The summed E-state index contributed by atoms with van der Waals surface area (Å²) in [6.07, 6.45) is -2.50. The van der Waals surface area contributed by atoms with Gasteiger partial charge in [-0.25, -0.2) is 0 Å². The minimum atomic E-state index is -4.50. The summed E-state index contributed by atoms with van der Waals surface area (Å²) < 4.78 is 40.8. The number of hydrogen-bond donors (Lipinski definition) is 0. The van der Waals surface area contributed by atoms with Gasteiger partial charge in [0.05, 0.1) is 16.7 Å². The van der Waals surface area contributed by atoms with Crippen molar-refractivity contribution in [1.82, 2.24) is 9.78 Å². The van der Waals surface area contributed by atoms with Crippen LogP contribution < -0.4 is 0 Å². The number of halogens is 3. The molecule has 0 aliphatic carbocycles. The molecule has 0 aliphatic rings. The van der Waals surface area contributed by atoms with Crippen LogP contribution >= 0.6 is 0 Å². The molecule has 1 heterocycles. The van der Waals surface area contributed by atoms with E-state index in [-0.39, 0.29) is 16.8 Å². The topological polar surface area (TPSA) is 34.9 Å². The SMILES string of the molecule is CC(C)(C)n1cc(C=O)c(-c2ccccc2C(F)(F)F)n1. The molecule has 1 aromatic carbocycles. The first-order chi connectivity index (χ1) is 9.64. The maximum Gasteiger partial charge on any atom is 0.417 e. The van der Waals surface area contributed by atoms with E-state index in [2.05, 4.69) is 5.10 Å². The van der Waals surface area contributed by atoms with Gasteiger partial charge >= 0.3 is 6.18 Å². The van der Waals surface area contributed by atoms with Crippen molar-refractivity contribution in [1.29, 1.82) is 0 Å². The molecule has 2 rings (SSSR count). The molecule has 0 bridgehead atoms. The number of nitrogens with zero attached hydrogens (tertiary/aromatic N) is 2. The van der Waals surface area contributed by atoms with Gasteiger partial charge in [-0.05, 0) is 26.8 Å². The lowest BCUT2D eigenvalue weighted by Gasteiger charge is -2.19.